The van der Waals surface area contributed by atoms with E-state index in [1.54, 1.807) is 42.0 Å². The topological polar surface area (TPSA) is 185 Å². The molecule has 1 unspecified atom stereocenters. The SMILES string of the molecule is COc1ccc([C@]2(CCN(Cc3ccc(C4=CC[C@H](CN5CCN(C(=O)c6ccc7c8c6NCCn8c(=O)n7C6CCC(=O)NC6=O)CC5)CC4)cc3)CC(C)(C)C(F)(F)F)CCOC(C)(C)C2)cc1.O=S(=O)(O)c1ccccc1. The van der Waals surface area contributed by atoms with E-state index in [0.717, 1.165) is 74.2 Å². The highest BCUT2D eigenvalue weighted by Gasteiger charge is 2.49. The maximum atomic E-state index is 14.4. The van der Waals surface area contributed by atoms with Crippen LogP contribution in [-0.2, 0) is 42.9 Å². The van der Waals surface area contributed by atoms with Crippen molar-refractivity contribution >= 4 is 50.1 Å². The Morgan fingerprint density at radius 3 is 2.23 bits per heavy atom. The molecular formula is C60H74F3N7O9S. The first-order valence-electron chi connectivity index (χ1n) is 27.7. The summed E-state index contributed by atoms with van der Waals surface area (Å²) in [6.45, 7) is 12.7. The number of allylic oxidation sites excluding steroid dienone is 2. The van der Waals surface area contributed by atoms with Gasteiger partial charge in [-0.15, -0.1) is 0 Å². The number of piperidine rings is 1. The van der Waals surface area contributed by atoms with Gasteiger partial charge in [0.25, 0.3) is 16.0 Å². The van der Waals surface area contributed by atoms with Gasteiger partial charge in [0.15, 0.2) is 0 Å². The maximum absolute atomic E-state index is 14.4. The number of methoxy groups -OCH3 is 1. The molecular weight excluding hydrogens is 1050 g/mol. The van der Waals surface area contributed by atoms with Crippen LogP contribution in [-0.4, -0.2) is 132 Å². The molecule has 0 bridgehead atoms. The van der Waals surface area contributed by atoms with E-state index in [1.807, 2.05) is 21.9 Å². The largest absolute Gasteiger partial charge is 0.497 e. The van der Waals surface area contributed by atoms with E-state index in [-0.39, 0.29) is 52.8 Å². The molecule has 0 spiro atoms. The van der Waals surface area contributed by atoms with Crippen LogP contribution < -0.4 is 21.1 Å². The van der Waals surface area contributed by atoms with Crippen molar-refractivity contribution in [3.05, 3.63) is 130 Å². The van der Waals surface area contributed by atoms with E-state index in [9.17, 15) is 40.8 Å². The Hall–Kier alpha value is -6.32. The lowest BCUT2D eigenvalue weighted by Crippen LogP contribution is -2.50. The lowest BCUT2D eigenvalue weighted by atomic mass is 9.67. The average Bonchev–Trinajstić information content (AvgIpc) is 3.86. The lowest BCUT2D eigenvalue weighted by Gasteiger charge is -2.46. The average molecular weight is 1130 g/mol. The molecule has 1 aromatic heterocycles. The van der Waals surface area contributed by atoms with Crippen molar-refractivity contribution in [2.45, 2.75) is 120 Å². The van der Waals surface area contributed by atoms with Gasteiger partial charge in [0.1, 0.15) is 11.8 Å². The zero-order valence-electron chi connectivity index (χ0n) is 46.3. The zero-order valence-corrected chi connectivity index (χ0v) is 47.1. The number of amides is 3. The fourth-order valence-corrected chi connectivity index (χ4v) is 12.9. The predicted molar refractivity (Wildman–Crippen MR) is 300 cm³/mol. The molecule has 4 aliphatic heterocycles. The summed E-state index contributed by atoms with van der Waals surface area (Å²) in [4.78, 5) is 58.6. The van der Waals surface area contributed by atoms with Crippen LogP contribution in [0.2, 0.25) is 0 Å². The van der Waals surface area contributed by atoms with E-state index in [2.05, 4.69) is 71.9 Å². The van der Waals surface area contributed by atoms with Crippen LogP contribution in [0.4, 0.5) is 18.9 Å². The first kappa shape index (κ1) is 58.3. The van der Waals surface area contributed by atoms with Gasteiger partial charge in [-0.25, -0.2) is 4.79 Å². The number of nitrogens with zero attached hydrogens (tertiary/aromatic N) is 5. The molecule has 3 amide bonds. The van der Waals surface area contributed by atoms with Gasteiger partial charge in [-0.1, -0.05) is 60.7 Å². The molecule has 5 heterocycles. The minimum Gasteiger partial charge on any atom is -0.497 e. The Kier molecular flexibility index (Phi) is 17.2. The molecule has 3 atom stereocenters. The van der Waals surface area contributed by atoms with Crippen molar-refractivity contribution in [2.75, 3.05) is 71.4 Å². The second-order valence-electron chi connectivity index (χ2n) is 23.4. The summed E-state index contributed by atoms with van der Waals surface area (Å²) in [7, 11) is -2.36. The first-order chi connectivity index (χ1) is 37.9. The number of ether oxygens (including phenoxy) is 2. The van der Waals surface area contributed by atoms with Crippen LogP contribution in [0.3, 0.4) is 0 Å². The number of benzene rings is 4. The van der Waals surface area contributed by atoms with Crippen LogP contribution >= 0.6 is 0 Å². The van der Waals surface area contributed by atoms with E-state index < -0.39 is 33.7 Å². The second-order valence-corrected chi connectivity index (χ2v) is 24.8. The Morgan fingerprint density at radius 2 is 1.61 bits per heavy atom. The molecule has 3 fully saturated rings. The van der Waals surface area contributed by atoms with E-state index in [0.29, 0.717) is 80.5 Å². The number of alkyl halides is 3. The summed E-state index contributed by atoms with van der Waals surface area (Å²) in [5, 5.41) is 5.73. The third-order valence-corrected chi connectivity index (χ3v) is 17.7. The van der Waals surface area contributed by atoms with Gasteiger partial charge in [-0.2, -0.15) is 21.6 Å². The van der Waals surface area contributed by atoms with Crippen molar-refractivity contribution in [1.82, 2.24) is 29.2 Å². The number of aromatic nitrogens is 2. The Morgan fingerprint density at radius 1 is 0.900 bits per heavy atom. The minimum absolute atomic E-state index is 0.0741. The molecule has 1 aliphatic carbocycles. The Balaban J connectivity index is 0.000000699. The highest BCUT2D eigenvalue weighted by atomic mass is 32.2. The fourth-order valence-electron chi connectivity index (χ4n) is 12.4. The monoisotopic (exact) mass is 1130 g/mol. The molecule has 20 heteroatoms. The number of halogens is 3. The van der Waals surface area contributed by atoms with Crippen LogP contribution in [0.15, 0.2) is 107 Å². The lowest BCUT2D eigenvalue weighted by molar-refractivity contribution is -0.217. The summed E-state index contributed by atoms with van der Waals surface area (Å²) in [6.07, 6.45) is 3.59. The minimum atomic E-state index is -4.35. The normalized spacial score (nSPS) is 21.8. The van der Waals surface area contributed by atoms with Crippen LogP contribution in [0, 0.1) is 11.3 Å². The van der Waals surface area contributed by atoms with Crippen molar-refractivity contribution < 1.29 is 50.0 Å². The van der Waals surface area contributed by atoms with Crippen molar-refractivity contribution in [1.29, 1.82) is 0 Å². The summed E-state index contributed by atoms with van der Waals surface area (Å²) in [6, 6.07) is 26.7. The number of carbonyl (C=O) groups is 3. The Labute approximate surface area is 466 Å². The molecule has 4 aromatic carbocycles. The molecule has 16 nitrogen and oxygen atoms in total. The number of anilines is 1. The van der Waals surface area contributed by atoms with Gasteiger partial charge >= 0.3 is 11.9 Å². The summed E-state index contributed by atoms with van der Waals surface area (Å²) < 4.78 is 87.1. The molecule has 430 valence electrons. The van der Waals surface area contributed by atoms with Gasteiger partial charge in [0.05, 0.1) is 45.3 Å². The van der Waals surface area contributed by atoms with Crippen LogP contribution in [0.25, 0.3) is 16.6 Å². The molecule has 10 rings (SSSR count). The van der Waals surface area contributed by atoms with E-state index in [4.69, 9.17) is 14.0 Å². The number of hydrogen-bond donors (Lipinski definition) is 3. The van der Waals surface area contributed by atoms with E-state index in [1.165, 1.54) is 36.1 Å². The van der Waals surface area contributed by atoms with Gasteiger partial charge in [0, 0.05) is 77.3 Å². The third kappa shape index (κ3) is 13.0. The van der Waals surface area contributed by atoms with Crippen molar-refractivity contribution in [3.8, 4) is 5.75 Å². The predicted octanol–water partition coefficient (Wildman–Crippen LogP) is 9.10. The number of rotatable bonds is 15. The van der Waals surface area contributed by atoms with Gasteiger partial charge in [-0.05, 0) is 144 Å². The molecule has 3 saturated heterocycles. The van der Waals surface area contributed by atoms with Gasteiger partial charge in [-0.3, -0.25) is 43.2 Å². The Bertz CT molecular complexity index is 3260. The molecule has 3 N–H and O–H groups in total. The number of nitrogens with one attached hydrogen (secondary N) is 2. The standard InChI is InChI=1S/C54H68F3N7O6.C6H6O3S/c1-51(2,54(55,56)57)35-61(25-22-53(23-31-70-52(3,4)34-53)40-14-16-41(69-5)17-15-40)33-37-8-12-39(13-9-37)38-10-6-36(7-11-38)32-60-27-29-62(30-28-60)49(67)42-18-19-43-47-46(42)58-24-26-63(47)50(68)64(43)44-20-21-45(65)59-48(44)66;7-10(8,9)6-4-2-1-3-5-6/h8-10,12-19,36,44,58H,6-7,11,20-35H2,1-5H3,(H,59,65,66);1-5H,(H,7,8,9)/t36-,44?,53+;/m0./s1. The number of imide groups is 1. The smallest absolute Gasteiger partial charge is 0.395 e. The number of imidazole rings is 1. The summed E-state index contributed by atoms with van der Waals surface area (Å²) in [5.74, 6) is 0.330. The quantitative estimate of drug-likeness (QED) is 0.0669. The zero-order chi connectivity index (χ0) is 57.2. The maximum Gasteiger partial charge on any atom is 0.395 e. The number of hydrogen-bond acceptors (Lipinski definition) is 11. The fraction of sp³-hybridized carbons (Fsp3) is 0.500. The highest BCUT2D eigenvalue weighted by molar-refractivity contribution is 7.85. The van der Waals surface area contributed by atoms with Crippen LogP contribution in [0.1, 0.15) is 112 Å². The number of piperazine rings is 1. The highest BCUT2D eigenvalue weighted by Crippen LogP contribution is 2.46. The van der Waals surface area contributed by atoms with Crippen LogP contribution in [0.5, 0.6) is 5.75 Å². The van der Waals surface area contributed by atoms with E-state index >= 15 is 0 Å². The molecule has 0 radical (unpaired) electrons. The molecule has 5 aliphatic rings. The van der Waals surface area contributed by atoms with Gasteiger partial charge in [0.2, 0.25) is 11.8 Å². The number of carbonyl (C=O) groups excluding carboxylic acids is 3. The van der Waals surface area contributed by atoms with Crippen molar-refractivity contribution in [2.24, 2.45) is 11.3 Å². The first-order valence-corrected chi connectivity index (χ1v) is 29.1. The third-order valence-electron chi connectivity index (χ3n) is 16.8. The second kappa shape index (κ2) is 23.6. The summed E-state index contributed by atoms with van der Waals surface area (Å²) >= 11 is 0. The molecule has 5 aromatic rings. The molecule has 0 saturated carbocycles. The molecule has 80 heavy (non-hydrogen) atoms. The summed E-state index contributed by atoms with van der Waals surface area (Å²) in [5.41, 5.74) is 4.06. The van der Waals surface area contributed by atoms with Crippen molar-refractivity contribution in [3.63, 3.8) is 0 Å². The van der Waals surface area contributed by atoms with Gasteiger partial charge < -0.3 is 19.7 Å².